The zero-order valence-electron chi connectivity index (χ0n) is 14.7. The Morgan fingerprint density at radius 3 is 2.69 bits per heavy atom. The van der Waals surface area contributed by atoms with E-state index in [2.05, 4.69) is 24.4 Å². The first-order chi connectivity index (χ1) is 12.8. The second-order valence-electron chi connectivity index (χ2n) is 6.55. The summed E-state index contributed by atoms with van der Waals surface area (Å²) in [5.74, 6) is 0.0778. The molecule has 0 radical (unpaired) electrons. The van der Waals surface area contributed by atoms with Crippen molar-refractivity contribution in [2.24, 2.45) is 0 Å². The van der Waals surface area contributed by atoms with Crippen molar-refractivity contribution in [1.82, 2.24) is 29.3 Å². The predicted octanol–water partition coefficient (Wildman–Crippen LogP) is 1.67. The number of aromatic nitrogens is 4. The first-order valence-electron chi connectivity index (χ1n) is 8.98. The van der Waals surface area contributed by atoms with E-state index in [9.17, 15) is 4.79 Å². The lowest BCUT2D eigenvalue weighted by molar-refractivity contribution is 0.0761. The molecule has 1 aromatic carbocycles. The number of benzene rings is 1. The molecular weight excluding hydrogens is 328 g/mol. The van der Waals surface area contributed by atoms with Crippen molar-refractivity contribution in [2.75, 3.05) is 32.7 Å². The van der Waals surface area contributed by atoms with E-state index in [1.54, 1.807) is 18.6 Å². The molecule has 2 aromatic heterocycles. The van der Waals surface area contributed by atoms with Gasteiger partial charge in [-0.25, -0.2) is 4.98 Å². The maximum Gasteiger partial charge on any atom is 0.253 e. The van der Waals surface area contributed by atoms with Gasteiger partial charge in [0.15, 0.2) is 0 Å². The molecule has 0 saturated carbocycles. The summed E-state index contributed by atoms with van der Waals surface area (Å²) in [6, 6.07) is 5.55. The van der Waals surface area contributed by atoms with Crippen LogP contribution in [0.1, 0.15) is 16.8 Å². The van der Waals surface area contributed by atoms with Crippen molar-refractivity contribution in [2.45, 2.75) is 13.0 Å². The van der Waals surface area contributed by atoms with Gasteiger partial charge >= 0.3 is 0 Å². The van der Waals surface area contributed by atoms with Crippen LogP contribution in [0.15, 0.2) is 49.3 Å². The van der Waals surface area contributed by atoms with Gasteiger partial charge in [-0.3, -0.25) is 19.7 Å². The SMILES string of the molecule is O=C(c1ccc2nccnc2c1)N1CCCN(CCn2ccnc2)CC1. The van der Waals surface area contributed by atoms with E-state index in [1.165, 1.54) is 0 Å². The Bertz CT molecular complexity index is 879. The van der Waals surface area contributed by atoms with E-state index in [1.807, 2.05) is 35.6 Å². The predicted molar refractivity (Wildman–Crippen MR) is 98.7 cm³/mol. The molecule has 1 aliphatic rings. The van der Waals surface area contributed by atoms with E-state index in [0.29, 0.717) is 5.56 Å². The van der Waals surface area contributed by atoms with Crippen LogP contribution in [0.3, 0.4) is 0 Å². The van der Waals surface area contributed by atoms with E-state index in [4.69, 9.17) is 0 Å². The van der Waals surface area contributed by atoms with Gasteiger partial charge in [0.25, 0.3) is 5.91 Å². The molecular formula is C19H22N6O. The maximum absolute atomic E-state index is 12.9. The topological polar surface area (TPSA) is 67.2 Å². The zero-order chi connectivity index (χ0) is 17.8. The highest BCUT2D eigenvalue weighted by Gasteiger charge is 2.20. The highest BCUT2D eigenvalue weighted by atomic mass is 16.2. The molecule has 0 spiro atoms. The summed E-state index contributed by atoms with van der Waals surface area (Å²) in [6.07, 6.45) is 9.93. The van der Waals surface area contributed by atoms with Crippen LogP contribution < -0.4 is 0 Å². The van der Waals surface area contributed by atoms with Gasteiger partial charge in [-0.2, -0.15) is 0 Å². The van der Waals surface area contributed by atoms with Gasteiger partial charge < -0.3 is 9.47 Å². The van der Waals surface area contributed by atoms with Crippen molar-refractivity contribution in [3.8, 4) is 0 Å². The minimum Gasteiger partial charge on any atom is -0.337 e. The van der Waals surface area contributed by atoms with Gasteiger partial charge in [0, 0.05) is 63.1 Å². The van der Waals surface area contributed by atoms with Crippen molar-refractivity contribution in [1.29, 1.82) is 0 Å². The van der Waals surface area contributed by atoms with E-state index in [-0.39, 0.29) is 5.91 Å². The van der Waals surface area contributed by atoms with Gasteiger partial charge in [-0.1, -0.05) is 0 Å². The Hall–Kier alpha value is -2.80. The largest absolute Gasteiger partial charge is 0.337 e. The molecule has 0 unspecified atom stereocenters. The fourth-order valence-corrected chi connectivity index (χ4v) is 3.35. The summed E-state index contributed by atoms with van der Waals surface area (Å²) in [6.45, 7) is 5.36. The Balaban J connectivity index is 1.38. The minimum atomic E-state index is 0.0778. The molecule has 4 rings (SSSR count). The lowest BCUT2D eigenvalue weighted by Gasteiger charge is -2.22. The lowest BCUT2D eigenvalue weighted by Crippen LogP contribution is -2.36. The highest BCUT2D eigenvalue weighted by molar-refractivity contribution is 5.97. The van der Waals surface area contributed by atoms with Crippen LogP contribution in [-0.4, -0.2) is 67.9 Å². The van der Waals surface area contributed by atoms with Gasteiger partial charge in [0.2, 0.25) is 0 Å². The summed E-state index contributed by atoms with van der Waals surface area (Å²) in [7, 11) is 0. The fourth-order valence-electron chi connectivity index (χ4n) is 3.35. The van der Waals surface area contributed by atoms with Crippen molar-refractivity contribution < 1.29 is 4.79 Å². The van der Waals surface area contributed by atoms with Crippen LogP contribution in [0.25, 0.3) is 11.0 Å². The molecule has 0 N–H and O–H groups in total. The minimum absolute atomic E-state index is 0.0778. The molecule has 134 valence electrons. The average molecular weight is 350 g/mol. The molecule has 1 fully saturated rings. The molecule has 1 aliphatic heterocycles. The number of carbonyl (C=O) groups is 1. The smallest absolute Gasteiger partial charge is 0.253 e. The first kappa shape index (κ1) is 16.7. The standard InChI is InChI=1S/C19H22N6O/c26-19(16-2-3-17-18(14-16)22-5-4-21-17)25-8-1-7-23(12-13-25)10-11-24-9-6-20-15-24/h2-6,9,14-15H,1,7-8,10-13H2. The highest BCUT2D eigenvalue weighted by Crippen LogP contribution is 2.14. The zero-order valence-corrected chi connectivity index (χ0v) is 14.7. The Kier molecular flexibility index (Phi) is 4.88. The van der Waals surface area contributed by atoms with Crippen LogP contribution in [0, 0.1) is 0 Å². The second kappa shape index (κ2) is 7.61. The summed E-state index contributed by atoms with van der Waals surface area (Å²) in [4.78, 5) is 29.9. The molecule has 7 heteroatoms. The molecule has 3 aromatic rings. The number of nitrogens with zero attached hydrogens (tertiary/aromatic N) is 6. The monoisotopic (exact) mass is 350 g/mol. The number of fused-ring (bicyclic) bond motifs is 1. The summed E-state index contributed by atoms with van der Waals surface area (Å²) in [5.41, 5.74) is 2.26. The molecule has 1 saturated heterocycles. The quantitative estimate of drug-likeness (QED) is 0.716. The summed E-state index contributed by atoms with van der Waals surface area (Å²) in [5, 5.41) is 0. The summed E-state index contributed by atoms with van der Waals surface area (Å²) < 4.78 is 2.09. The van der Waals surface area contributed by atoms with Gasteiger partial charge in [-0.05, 0) is 31.2 Å². The van der Waals surface area contributed by atoms with E-state index >= 15 is 0 Å². The second-order valence-corrected chi connectivity index (χ2v) is 6.55. The number of amides is 1. The number of hydrogen-bond donors (Lipinski definition) is 0. The van der Waals surface area contributed by atoms with Crippen LogP contribution in [-0.2, 0) is 6.54 Å². The fraction of sp³-hybridized carbons (Fsp3) is 0.368. The summed E-state index contributed by atoms with van der Waals surface area (Å²) >= 11 is 0. The van der Waals surface area contributed by atoms with Crippen LogP contribution in [0.4, 0.5) is 0 Å². The lowest BCUT2D eigenvalue weighted by atomic mass is 10.1. The van der Waals surface area contributed by atoms with Crippen molar-refractivity contribution in [3.05, 3.63) is 54.9 Å². The molecule has 3 heterocycles. The van der Waals surface area contributed by atoms with E-state index in [0.717, 1.165) is 56.7 Å². The van der Waals surface area contributed by atoms with Gasteiger partial charge in [0.1, 0.15) is 0 Å². The Morgan fingerprint density at radius 1 is 0.962 bits per heavy atom. The molecule has 0 aliphatic carbocycles. The number of rotatable bonds is 4. The third-order valence-electron chi connectivity index (χ3n) is 4.83. The van der Waals surface area contributed by atoms with Crippen LogP contribution in [0.2, 0.25) is 0 Å². The number of hydrogen-bond acceptors (Lipinski definition) is 5. The third kappa shape index (κ3) is 3.72. The van der Waals surface area contributed by atoms with Crippen LogP contribution in [0.5, 0.6) is 0 Å². The number of imidazole rings is 1. The molecule has 0 bridgehead atoms. The molecule has 1 amide bonds. The van der Waals surface area contributed by atoms with E-state index < -0.39 is 0 Å². The average Bonchev–Trinajstić information content (AvgIpc) is 3.09. The van der Waals surface area contributed by atoms with Crippen molar-refractivity contribution >= 4 is 16.9 Å². The van der Waals surface area contributed by atoms with Crippen molar-refractivity contribution in [3.63, 3.8) is 0 Å². The Labute approximate surface area is 152 Å². The molecule has 0 atom stereocenters. The normalized spacial score (nSPS) is 15.9. The Morgan fingerprint density at radius 2 is 1.85 bits per heavy atom. The van der Waals surface area contributed by atoms with Crippen LogP contribution >= 0.6 is 0 Å². The first-order valence-corrected chi connectivity index (χ1v) is 8.98. The molecule has 26 heavy (non-hydrogen) atoms. The maximum atomic E-state index is 12.9. The van der Waals surface area contributed by atoms with Gasteiger partial charge in [-0.15, -0.1) is 0 Å². The molecule has 7 nitrogen and oxygen atoms in total. The number of carbonyl (C=O) groups excluding carboxylic acids is 1. The van der Waals surface area contributed by atoms with Gasteiger partial charge in [0.05, 0.1) is 17.4 Å². The third-order valence-corrected chi connectivity index (χ3v) is 4.83.